The molecule has 0 aliphatic carbocycles. The van der Waals surface area contributed by atoms with Crippen molar-refractivity contribution in [3.05, 3.63) is 85.1 Å². The maximum Gasteiger partial charge on any atom is 0.220 e. The van der Waals surface area contributed by atoms with Crippen LogP contribution >= 0.6 is 0 Å². The van der Waals surface area contributed by atoms with Gasteiger partial charge in [0, 0.05) is 43.3 Å². The molecule has 0 radical (unpaired) electrons. The summed E-state index contributed by atoms with van der Waals surface area (Å²) < 4.78 is 0. The summed E-state index contributed by atoms with van der Waals surface area (Å²) in [5.41, 5.74) is 7.41. The van der Waals surface area contributed by atoms with Crippen LogP contribution in [0.25, 0.3) is 33.3 Å². The summed E-state index contributed by atoms with van der Waals surface area (Å²) >= 11 is 0. The molecular weight excluding hydrogens is 522 g/mol. The molecule has 1 atom stereocenters. The van der Waals surface area contributed by atoms with Crippen molar-refractivity contribution in [3.8, 4) is 22.4 Å². The summed E-state index contributed by atoms with van der Waals surface area (Å²) in [7, 11) is 0. The Morgan fingerprint density at radius 2 is 1.60 bits per heavy atom. The van der Waals surface area contributed by atoms with Crippen LogP contribution in [0.3, 0.4) is 0 Å². The number of carbonyl (C=O) groups excluding carboxylic acids is 1. The van der Waals surface area contributed by atoms with Crippen molar-refractivity contribution < 1.29 is 4.79 Å². The molecule has 5 aromatic rings. The number of anilines is 3. The molecule has 2 N–H and O–H groups in total. The van der Waals surface area contributed by atoms with Crippen molar-refractivity contribution >= 4 is 34.0 Å². The molecule has 7 rings (SSSR count). The highest BCUT2D eigenvalue weighted by atomic mass is 16.2. The molecule has 0 spiro atoms. The zero-order valence-corrected chi connectivity index (χ0v) is 23.9. The van der Waals surface area contributed by atoms with E-state index in [-0.39, 0.29) is 11.9 Å². The van der Waals surface area contributed by atoms with Gasteiger partial charge in [-0.05, 0) is 85.2 Å². The molecule has 2 aliphatic heterocycles. The van der Waals surface area contributed by atoms with Crippen LogP contribution in [0.15, 0.2) is 79.3 Å². The van der Waals surface area contributed by atoms with Crippen molar-refractivity contribution in [2.24, 2.45) is 0 Å². The summed E-state index contributed by atoms with van der Waals surface area (Å²) in [5.74, 6) is 1.75. The summed E-state index contributed by atoms with van der Waals surface area (Å²) in [4.78, 5) is 33.6. The lowest BCUT2D eigenvalue weighted by atomic mass is 10.0. The molecule has 4 heterocycles. The smallest absolute Gasteiger partial charge is 0.220 e. The second-order valence-corrected chi connectivity index (χ2v) is 11.3. The van der Waals surface area contributed by atoms with E-state index >= 15 is 0 Å². The molecule has 2 fully saturated rings. The molecule has 2 saturated heterocycles. The fourth-order valence-electron chi connectivity index (χ4n) is 6.30. The number of nitrogens with one attached hydrogen (secondary N) is 2. The van der Waals surface area contributed by atoms with Crippen molar-refractivity contribution in [1.29, 1.82) is 0 Å². The monoisotopic (exact) mass is 557 g/mol. The fourth-order valence-corrected chi connectivity index (χ4v) is 6.30. The zero-order valence-electron chi connectivity index (χ0n) is 23.9. The second kappa shape index (κ2) is 11.3. The van der Waals surface area contributed by atoms with Gasteiger partial charge in [-0.2, -0.15) is 0 Å². The SMILES string of the molecule is CC(=O)N1CCC[C@H]1c1ncc(-c2ccc(-c3ccc4ncnc(Nc5ccc(N6CCCCC6)cc5)c4c3)cc2)[nH]1. The number of piperidine rings is 1. The maximum atomic E-state index is 12.0. The first kappa shape index (κ1) is 26.2. The number of fused-ring (bicyclic) bond motifs is 1. The molecule has 0 saturated carbocycles. The van der Waals surface area contributed by atoms with Crippen LogP contribution in [-0.2, 0) is 4.79 Å². The quantitative estimate of drug-likeness (QED) is 0.231. The van der Waals surface area contributed by atoms with E-state index in [0.717, 1.165) is 83.1 Å². The van der Waals surface area contributed by atoms with Gasteiger partial charge in [-0.3, -0.25) is 4.79 Å². The third kappa shape index (κ3) is 5.20. The Labute approximate surface area is 245 Å². The van der Waals surface area contributed by atoms with E-state index in [4.69, 9.17) is 0 Å². The highest BCUT2D eigenvalue weighted by Gasteiger charge is 2.30. The fraction of sp³-hybridized carbons (Fsp3) is 0.294. The predicted octanol–water partition coefficient (Wildman–Crippen LogP) is 7.10. The number of amides is 1. The topological polar surface area (TPSA) is 90.0 Å². The van der Waals surface area contributed by atoms with Gasteiger partial charge in [-0.15, -0.1) is 0 Å². The van der Waals surface area contributed by atoms with Gasteiger partial charge in [0.2, 0.25) is 5.91 Å². The molecule has 42 heavy (non-hydrogen) atoms. The van der Waals surface area contributed by atoms with Crippen LogP contribution in [-0.4, -0.2) is 50.4 Å². The van der Waals surface area contributed by atoms with E-state index in [0.29, 0.717) is 0 Å². The van der Waals surface area contributed by atoms with Crippen molar-refractivity contribution in [3.63, 3.8) is 0 Å². The van der Waals surface area contributed by atoms with E-state index in [9.17, 15) is 4.79 Å². The first-order valence-electron chi connectivity index (χ1n) is 14.9. The van der Waals surface area contributed by atoms with Gasteiger partial charge in [0.25, 0.3) is 0 Å². The number of nitrogens with zero attached hydrogens (tertiary/aromatic N) is 5. The number of hydrogen-bond acceptors (Lipinski definition) is 6. The molecule has 2 aromatic heterocycles. The summed E-state index contributed by atoms with van der Waals surface area (Å²) in [6.45, 7) is 4.70. The lowest BCUT2D eigenvalue weighted by Crippen LogP contribution is -2.29. The van der Waals surface area contributed by atoms with Crippen LogP contribution in [0.1, 0.15) is 50.9 Å². The molecule has 2 aliphatic rings. The van der Waals surface area contributed by atoms with Gasteiger partial charge in [0.1, 0.15) is 18.0 Å². The van der Waals surface area contributed by atoms with E-state index in [1.165, 1.54) is 24.9 Å². The van der Waals surface area contributed by atoms with Crippen LogP contribution in [0.5, 0.6) is 0 Å². The van der Waals surface area contributed by atoms with Gasteiger partial charge in [0.15, 0.2) is 0 Å². The Morgan fingerprint density at radius 3 is 2.38 bits per heavy atom. The van der Waals surface area contributed by atoms with Crippen LogP contribution in [0.2, 0.25) is 0 Å². The minimum absolute atomic E-state index is 0.0331. The average molecular weight is 558 g/mol. The van der Waals surface area contributed by atoms with Crippen LogP contribution < -0.4 is 10.2 Å². The number of likely N-dealkylation sites (tertiary alicyclic amines) is 1. The molecule has 212 valence electrons. The minimum Gasteiger partial charge on any atom is -0.372 e. The van der Waals surface area contributed by atoms with Crippen molar-refractivity contribution in [1.82, 2.24) is 24.8 Å². The number of rotatable bonds is 6. The minimum atomic E-state index is 0.0331. The number of carbonyl (C=O) groups is 1. The first-order valence-corrected chi connectivity index (χ1v) is 14.9. The Balaban J connectivity index is 1.10. The Bertz CT molecular complexity index is 1700. The third-order valence-corrected chi connectivity index (χ3v) is 8.58. The molecule has 1 amide bonds. The first-order chi connectivity index (χ1) is 20.6. The van der Waals surface area contributed by atoms with Gasteiger partial charge in [0.05, 0.1) is 23.4 Å². The molecule has 0 unspecified atom stereocenters. The standard InChI is InChI=1S/C34H35N7O/c1-23(42)41-19-5-6-32(41)34-35-21-31(39-34)25-9-7-24(8-10-25)26-11-16-30-29(20-26)33(37-22-36-30)38-27-12-14-28(15-13-27)40-17-3-2-4-18-40/h7-16,20-22,32H,2-6,17-19H2,1H3,(H,35,39)(H,36,37,38)/t32-/m0/s1. The third-order valence-electron chi connectivity index (χ3n) is 8.58. The number of benzene rings is 3. The molecule has 0 bridgehead atoms. The van der Waals surface area contributed by atoms with Gasteiger partial charge < -0.3 is 20.1 Å². The van der Waals surface area contributed by atoms with Crippen molar-refractivity contribution in [2.75, 3.05) is 29.9 Å². The lowest BCUT2D eigenvalue weighted by molar-refractivity contribution is -0.129. The summed E-state index contributed by atoms with van der Waals surface area (Å²) in [6.07, 6.45) is 9.29. The van der Waals surface area contributed by atoms with E-state index < -0.39 is 0 Å². The molecular formula is C34H35N7O. The largest absolute Gasteiger partial charge is 0.372 e. The predicted molar refractivity (Wildman–Crippen MR) is 168 cm³/mol. The van der Waals surface area contributed by atoms with Gasteiger partial charge >= 0.3 is 0 Å². The lowest BCUT2D eigenvalue weighted by Gasteiger charge is -2.28. The normalized spacial score (nSPS) is 17.1. The van der Waals surface area contributed by atoms with Crippen LogP contribution in [0, 0.1) is 0 Å². The van der Waals surface area contributed by atoms with Crippen molar-refractivity contribution in [2.45, 2.75) is 45.1 Å². The highest BCUT2D eigenvalue weighted by molar-refractivity contribution is 5.94. The number of H-pyrrole nitrogens is 1. The van der Waals surface area contributed by atoms with E-state index in [1.807, 2.05) is 11.1 Å². The second-order valence-electron chi connectivity index (χ2n) is 11.3. The number of hydrogen-bond donors (Lipinski definition) is 2. The Hall–Kier alpha value is -4.72. The van der Waals surface area contributed by atoms with Gasteiger partial charge in [-0.1, -0.05) is 30.3 Å². The van der Waals surface area contributed by atoms with E-state index in [1.54, 1.807) is 13.3 Å². The number of aromatic amines is 1. The molecule has 8 nitrogen and oxygen atoms in total. The molecule has 3 aromatic carbocycles. The number of imidazole rings is 1. The maximum absolute atomic E-state index is 12.0. The van der Waals surface area contributed by atoms with Crippen LogP contribution in [0.4, 0.5) is 17.2 Å². The summed E-state index contributed by atoms with van der Waals surface area (Å²) in [5, 5.41) is 4.49. The Morgan fingerprint density at radius 1 is 0.833 bits per heavy atom. The Kier molecular flexibility index (Phi) is 7.03. The number of aromatic nitrogens is 4. The van der Waals surface area contributed by atoms with E-state index in [2.05, 4.69) is 96.9 Å². The summed E-state index contributed by atoms with van der Waals surface area (Å²) in [6, 6.07) is 23.5. The zero-order chi connectivity index (χ0) is 28.5. The van der Waals surface area contributed by atoms with Gasteiger partial charge in [-0.25, -0.2) is 15.0 Å². The molecule has 8 heteroatoms. The highest BCUT2D eigenvalue weighted by Crippen LogP contribution is 2.33. The average Bonchev–Trinajstić information content (AvgIpc) is 3.73.